The molecular weight excluding hydrogens is 392 g/mol. The van der Waals surface area contributed by atoms with E-state index >= 15 is 0 Å². The van der Waals surface area contributed by atoms with Gasteiger partial charge in [0.15, 0.2) is 0 Å². The lowest BCUT2D eigenvalue weighted by atomic mass is 9.97. The van der Waals surface area contributed by atoms with Crippen molar-refractivity contribution >= 4 is 17.5 Å². The van der Waals surface area contributed by atoms with E-state index in [1.54, 1.807) is 12.4 Å². The Morgan fingerprint density at radius 1 is 1.45 bits per heavy atom. The second-order valence-electron chi connectivity index (χ2n) is 7.28. The van der Waals surface area contributed by atoms with Crippen LogP contribution in [-0.2, 0) is 6.54 Å². The third kappa shape index (κ3) is 2.79. The monoisotopic (exact) mass is 410 g/mol. The molecule has 0 spiro atoms. The molecule has 8 nitrogen and oxygen atoms in total. The van der Waals surface area contributed by atoms with Crippen molar-refractivity contribution in [2.24, 2.45) is 0 Å². The van der Waals surface area contributed by atoms with Gasteiger partial charge in [-0.2, -0.15) is 4.98 Å². The number of rotatable bonds is 5. The molecule has 2 aromatic heterocycles. The minimum Gasteiger partial charge on any atom is -0.337 e. The molecule has 5 rings (SSSR count). The van der Waals surface area contributed by atoms with E-state index in [0.717, 1.165) is 17.8 Å². The van der Waals surface area contributed by atoms with Gasteiger partial charge in [-0.15, -0.1) is 6.58 Å². The molecule has 29 heavy (non-hydrogen) atoms. The molecule has 1 atom stereocenters. The average Bonchev–Trinajstić information content (AvgIpc) is 3.26. The fourth-order valence-electron chi connectivity index (χ4n) is 3.96. The van der Waals surface area contributed by atoms with Crippen molar-refractivity contribution in [1.82, 2.24) is 29.5 Å². The summed E-state index contributed by atoms with van der Waals surface area (Å²) in [5, 5.41) is 4.58. The predicted octanol–water partition coefficient (Wildman–Crippen LogP) is 3.09. The van der Waals surface area contributed by atoms with Crippen LogP contribution in [0, 0.1) is 0 Å². The Morgan fingerprint density at radius 2 is 2.31 bits per heavy atom. The van der Waals surface area contributed by atoms with Gasteiger partial charge in [-0.05, 0) is 25.6 Å². The largest absolute Gasteiger partial charge is 0.337 e. The summed E-state index contributed by atoms with van der Waals surface area (Å²) >= 11 is 6.38. The first kappa shape index (κ1) is 18.1. The summed E-state index contributed by atoms with van der Waals surface area (Å²) in [6, 6.07) is 5.36. The highest BCUT2D eigenvalue weighted by atomic mass is 35.5. The number of imidazole rings is 1. The van der Waals surface area contributed by atoms with Gasteiger partial charge in [0.1, 0.15) is 12.0 Å². The molecule has 9 heteroatoms. The second kappa shape index (κ2) is 6.82. The highest BCUT2D eigenvalue weighted by Gasteiger charge is 2.43. The van der Waals surface area contributed by atoms with E-state index in [1.165, 1.54) is 0 Å². The number of hydrogen-bond acceptors (Lipinski definition) is 6. The SMILES string of the molecule is C=CCN(C)Cc1nc(-c2ncn3c2[C@@H]2CCN2C(=O)c2c(Cl)cccc2-3)no1. The number of amides is 1. The van der Waals surface area contributed by atoms with Gasteiger partial charge >= 0.3 is 0 Å². The zero-order valence-electron chi connectivity index (χ0n) is 15.9. The second-order valence-corrected chi connectivity index (χ2v) is 7.69. The Labute approximate surface area is 172 Å². The predicted molar refractivity (Wildman–Crippen MR) is 107 cm³/mol. The molecule has 0 saturated carbocycles. The Hall–Kier alpha value is -2.97. The lowest BCUT2D eigenvalue weighted by Crippen LogP contribution is -2.44. The zero-order valence-corrected chi connectivity index (χ0v) is 16.6. The summed E-state index contributed by atoms with van der Waals surface area (Å²) in [5.41, 5.74) is 2.74. The number of benzene rings is 1. The fourth-order valence-corrected chi connectivity index (χ4v) is 4.21. The number of hydrogen-bond donors (Lipinski definition) is 0. The van der Waals surface area contributed by atoms with Gasteiger partial charge in [0.25, 0.3) is 5.91 Å². The van der Waals surface area contributed by atoms with E-state index < -0.39 is 0 Å². The van der Waals surface area contributed by atoms with Crippen LogP contribution in [0.1, 0.15) is 34.4 Å². The van der Waals surface area contributed by atoms with Crippen LogP contribution >= 0.6 is 11.6 Å². The quantitative estimate of drug-likeness (QED) is 0.601. The van der Waals surface area contributed by atoms with E-state index in [-0.39, 0.29) is 11.9 Å². The van der Waals surface area contributed by atoms with Crippen LogP contribution in [0.25, 0.3) is 17.2 Å². The molecule has 148 valence electrons. The molecule has 2 aliphatic heterocycles. The maximum absolute atomic E-state index is 13.1. The molecule has 0 aliphatic carbocycles. The maximum atomic E-state index is 13.1. The minimum absolute atomic E-state index is 0.0589. The Bertz CT molecular complexity index is 1120. The summed E-state index contributed by atoms with van der Waals surface area (Å²) in [4.78, 5) is 26.0. The fraction of sp³-hybridized carbons (Fsp3) is 0.300. The van der Waals surface area contributed by atoms with E-state index in [0.29, 0.717) is 47.6 Å². The first-order valence-corrected chi connectivity index (χ1v) is 9.75. The van der Waals surface area contributed by atoms with Crippen molar-refractivity contribution in [2.45, 2.75) is 19.0 Å². The highest BCUT2D eigenvalue weighted by molar-refractivity contribution is 6.34. The van der Waals surface area contributed by atoms with Crippen LogP contribution in [0.5, 0.6) is 0 Å². The number of likely N-dealkylation sites (N-methyl/N-ethyl adjacent to an activating group) is 1. The van der Waals surface area contributed by atoms with Crippen molar-refractivity contribution in [1.29, 1.82) is 0 Å². The summed E-state index contributed by atoms with van der Waals surface area (Å²) in [6.45, 7) is 5.65. The molecule has 0 N–H and O–H groups in total. The molecule has 1 fully saturated rings. The zero-order chi connectivity index (χ0) is 20.1. The number of carbonyl (C=O) groups excluding carboxylic acids is 1. The van der Waals surface area contributed by atoms with Crippen LogP contribution in [0.15, 0.2) is 41.7 Å². The van der Waals surface area contributed by atoms with E-state index in [2.05, 4.69) is 21.7 Å². The van der Waals surface area contributed by atoms with E-state index in [9.17, 15) is 4.79 Å². The van der Waals surface area contributed by atoms with Gasteiger partial charge in [-0.3, -0.25) is 14.3 Å². The molecule has 0 bridgehead atoms. The molecule has 3 aromatic rings. The molecule has 1 aromatic carbocycles. The van der Waals surface area contributed by atoms with Crippen molar-refractivity contribution in [3.63, 3.8) is 0 Å². The van der Waals surface area contributed by atoms with Gasteiger partial charge in [-0.25, -0.2) is 4.98 Å². The summed E-state index contributed by atoms with van der Waals surface area (Å²) in [5.74, 6) is 0.867. The third-order valence-electron chi connectivity index (χ3n) is 5.39. The molecule has 0 unspecified atom stereocenters. The van der Waals surface area contributed by atoms with E-state index in [4.69, 9.17) is 16.1 Å². The highest BCUT2D eigenvalue weighted by Crippen LogP contribution is 2.44. The lowest BCUT2D eigenvalue weighted by molar-refractivity contribution is 0.0461. The normalized spacial score (nSPS) is 17.4. The van der Waals surface area contributed by atoms with E-state index in [1.807, 2.05) is 39.6 Å². The molecule has 4 heterocycles. The first-order chi connectivity index (χ1) is 14.1. The molecular formula is C20H19ClN6O2. The van der Waals surface area contributed by atoms with Gasteiger partial charge in [-0.1, -0.05) is 28.9 Å². The summed E-state index contributed by atoms with van der Waals surface area (Å²) in [7, 11) is 1.95. The Kier molecular flexibility index (Phi) is 4.25. The van der Waals surface area contributed by atoms with Gasteiger partial charge in [0.05, 0.1) is 34.6 Å². The van der Waals surface area contributed by atoms with Crippen LogP contribution in [-0.4, -0.2) is 55.5 Å². The Morgan fingerprint density at radius 3 is 3.07 bits per heavy atom. The lowest BCUT2D eigenvalue weighted by Gasteiger charge is -2.39. The van der Waals surface area contributed by atoms with Gasteiger partial charge < -0.3 is 9.42 Å². The van der Waals surface area contributed by atoms with Crippen LogP contribution in [0.3, 0.4) is 0 Å². The van der Waals surface area contributed by atoms with Crippen molar-refractivity contribution < 1.29 is 9.32 Å². The summed E-state index contributed by atoms with van der Waals surface area (Å²) < 4.78 is 7.36. The number of carbonyl (C=O) groups is 1. The molecule has 1 saturated heterocycles. The standard InChI is InChI=1S/C20H19ClN6O2/c1-3-8-25(2)10-15-23-19(24-29-15)17-18-14-7-9-26(14)20(28)16-12(21)5-4-6-13(16)27(18)11-22-17/h3-6,11,14H,1,7-10H2,2H3/t14-/m0/s1. The number of fused-ring (bicyclic) bond motifs is 5. The van der Waals surface area contributed by atoms with Crippen LogP contribution < -0.4 is 0 Å². The number of aromatic nitrogens is 4. The molecule has 2 aliphatic rings. The molecule has 1 amide bonds. The third-order valence-corrected chi connectivity index (χ3v) is 5.71. The number of nitrogens with zero attached hydrogens (tertiary/aromatic N) is 6. The van der Waals surface area contributed by atoms with Gasteiger partial charge in [0, 0.05) is 13.1 Å². The van der Waals surface area contributed by atoms with Gasteiger partial charge in [0.2, 0.25) is 11.7 Å². The van der Waals surface area contributed by atoms with Crippen molar-refractivity contribution in [3.8, 4) is 17.2 Å². The van der Waals surface area contributed by atoms with Crippen LogP contribution in [0.4, 0.5) is 0 Å². The Balaban J connectivity index is 1.59. The molecule has 0 radical (unpaired) electrons. The van der Waals surface area contributed by atoms with Crippen molar-refractivity contribution in [2.75, 3.05) is 20.1 Å². The topological polar surface area (TPSA) is 80.3 Å². The maximum Gasteiger partial charge on any atom is 0.258 e. The smallest absolute Gasteiger partial charge is 0.258 e. The first-order valence-electron chi connectivity index (χ1n) is 9.38. The average molecular weight is 411 g/mol. The minimum atomic E-state index is -0.0890. The van der Waals surface area contributed by atoms with Crippen LogP contribution in [0.2, 0.25) is 5.02 Å². The summed E-state index contributed by atoms with van der Waals surface area (Å²) in [6.07, 6.45) is 4.37. The van der Waals surface area contributed by atoms with Crippen molar-refractivity contribution in [3.05, 3.63) is 59.4 Å². The number of halogens is 1.